The smallest absolute Gasteiger partial charge is 0.0565 e. The fourth-order valence-electron chi connectivity index (χ4n) is 4.02. The number of hydrogen-bond donors (Lipinski definition) is 0. The topological polar surface area (TPSA) is 86.2 Å². The van der Waals surface area contributed by atoms with Gasteiger partial charge in [-0.05, 0) is 83.1 Å². The van der Waals surface area contributed by atoms with Crippen LogP contribution in [0.4, 0.5) is 0 Å². The number of phosphoric acid groups is 1. The average Bonchev–Trinajstić information content (AvgIpc) is 2.80. The lowest BCUT2D eigenvalue weighted by Gasteiger charge is -2.36. The van der Waals surface area contributed by atoms with Crippen LogP contribution in [0.3, 0.4) is 0 Å². The summed E-state index contributed by atoms with van der Waals surface area (Å²) in [5.74, 6) is 0. The van der Waals surface area contributed by atoms with Crippen LogP contribution in [0.2, 0.25) is 0 Å². The molecule has 32 heavy (non-hydrogen) atoms. The van der Waals surface area contributed by atoms with E-state index in [2.05, 4.69) is 83.1 Å². The van der Waals surface area contributed by atoms with Crippen LogP contribution in [0.25, 0.3) is 0 Å². The van der Waals surface area contributed by atoms with E-state index in [1.165, 1.54) is 73.9 Å². The molecule has 0 N–H and O–H groups in total. The van der Waals surface area contributed by atoms with Crippen LogP contribution in [-0.2, 0) is 4.57 Å². The maximum absolute atomic E-state index is 8.55. The second-order valence-corrected chi connectivity index (χ2v) is 24.8. The minimum atomic E-state index is -5.39. The molecule has 0 saturated carbocycles. The van der Waals surface area contributed by atoms with Gasteiger partial charge in [0.05, 0.1) is 73.9 Å². The van der Waals surface area contributed by atoms with Crippen LogP contribution in [0, 0.1) is 0 Å². The number of rotatable bonds is 12. The first-order valence-corrected chi connectivity index (χ1v) is 22.1. The van der Waals surface area contributed by atoms with Gasteiger partial charge in [-0.3, -0.25) is 0 Å². The monoisotopic (exact) mass is 536 g/mol. The van der Waals surface area contributed by atoms with E-state index in [1.54, 1.807) is 0 Å². The SMILES string of the molecule is CC[P+](CC)(CC)CC.CC[P+](CC)(CC)CC.CC[P+](CC)(CC)CC.O=P([O-])([O-])[O-]. The van der Waals surface area contributed by atoms with Crippen LogP contribution < -0.4 is 14.7 Å². The molecule has 0 unspecified atom stereocenters. The molecule has 0 heterocycles. The highest BCUT2D eigenvalue weighted by Crippen LogP contribution is 2.58. The van der Waals surface area contributed by atoms with Crippen molar-refractivity contribution in [1.29, 1.82) is 0 Å². The molecule has 8 heteroatoms. The molecule has 0 aromatic carbocycles. The molecular formula is C24H60O4P4. The molecule has 0 aliphatic rings. The van der Waals surface area contributed by atoms with Crippen LogP contribution >= 0.6 is 29.6 Å². The van der Waals surface area contributed by atoms with E-state index < -0.39 is 29.6 Å². The molecule has 0 atom stereocenters. The van der Waals surface area contributed by atoms with E-state index in [0.29, 0.717) is 0 Å². The highest BCUT2D eigenvalue weighted by Gasteiger charge is 2.29. The third-order valence-electron chi connectivity index (χ3n) is 8.05. The summed E-state index contributed by atoms with van der Waals surface area (Å²) in [7, 11) is -6.65. The Labute approximate surface area is 205 Å². The lowest BCUT2D eigenvalue weighted by molar-refractivity contribution is -0.432. The van der Waals surface area contributed by atoms with Crippen molar-refractivity contribution in [2.45, 2.75) is 83.1 Å². The van der Waals surface area contributed by atoms with Crippen molar-refractivity contribution in [3.8, 4) is 0 Å². The molecule has 0 spiro atoms. The molecule has 200 valence electrons. The molecule has 0 fully saturated rings. The molecule has 0 aliphatic carbocycles. The quantitative estimate of drug-likeness (QED) is 0.269. The maximum Gasteiger partial charge on any atom is 0.0565 e. The van der Waals surface area contributed by atoms with Gasteiger partial charge in [0, 0.05) is 21.8 Å². The zero-order valence-corrected chi connectivity index (χ0v) is 27.5. The van der Waals surface area contributed by atoms with Crippen LogP contribution in [-0.4, -0.2) is 73.9 Å². The Morgan fingerprint density at radius 1 is 0.375 bits per heavy atom. The van der Waals surface area contributed by atoms with E-state index in [1.807, 2.05) is 0 Å². The molecule has 0 aliphatic heterocycles. The van der Waals surface area contributed by atoms with Gasteiger partial charge in [0.15, 0.2) is 0 Å². The van der Waals surface area contributed by atoms with Gasteiger partial charge in [-0.2, -0.15) is 7.82 Å². The van der Waals surface area contributed by atoms with E-state index in [0.717, 1.165) is 0 Å². The summed E-state index contributed by atoms with van der Waals surface area (Å²) in [5, 5.41) is 0. The predicted octanol–water partition coefficient (Wildman–Crippen LogP) is 6.43. The molecule has 4 nitrogen and oxygen atoms in total. The molecule has 0 saturated heterocycles. The van der Waals surface area contributed by atoms with Gasteiger partial charge in [0.2, 0.25) is 0 Å². The minimum absolute atomic E-state index is 0.420. The van der Waals surface area contributed by atoms with Crippen LogP contribution in [0.5, 0.6) is 0 Å². The predicted molar refractivity (Wildman–Crippen MR) is 155 cm³/mol. The van der Waals surface area contributed by atoms with Gasteiger partial charge in [-0.25, -0.2) is 0 Å². The summed E-state index contributed by atoms with van der Waals surface area (Å²) in [6.45, 7) is 28.2. The van der Waals surface area contributed by atoms with Crippen molar-refractivity contribution in [2.75, 3.05) is 73.9 Å². The zero-order valence-electron chi connectivity index (χ0n) is 23.9. The van der Waals surface area contributed by atoms with Crippen LogP contribution in [0.1, 0.15) is 83.1 Å². The largest absolute Gasteiger partial charge is 0.822 e. The standard InChI is InChI=1S/3C8H20P.H3O4P/c3*1-5-9(6-2,7-3)8-4;1-5(2,3)4/h3*5-8H2,1-4H3;(H3,1,2,3,4)/q3*+1;/p-3. The van der Waals surface area contributed by atoms with Crippen molar-refractivity contribution in [3.63, 3.8) is 0 Å². The van der Waals surface area contributed by atoms with E-state index in [9.17, 15) is 0 Å². The molecule has 0 radical (unpaired) electrons. The normalized spacial score (nSPS) is 12.0. The molecular weight excluding hydrogens is 476 g/mol. The second-order valence-electron chi connectivity index (χ2n) is 8.27. The Morgan fingerprint density at radius 3 is 0.438 bits per heavy atom. The summed E-state index contributed by atoms with van der Waals surface area (Å²) in [4.78, 5) is 25.6. The van der Waals surface area contributed by atoms with Gasteiger partial charge in [-0.1, -0.05) is 0 Å². The Bertz CT molecular complexity index is 321. The summed E-state index contributed by atoms with van der Waals surface area (Å²) >= 11 is 0. The van der Waals surface area contributed by atoms with Crippen molar-refractivity contribution >= 4 is 29.6 Å². The van der Waals surface area contributed by atoms with Crippen molar-refractivity contribution in [2.24, 2.45) is 0 Å². The highest BCUT2D eigenvalue weighted by molar-refractivity contribution is 7.76. The Hall–Kier alpha value is 1.40. The van der Waals surface area contributed by atoms with Gasteiger partial charge < -0.3 is 19.2 Å². The third-order valence-corrected chi connectivity index (χ3v) is 24.1. The van der Waals surface area contributed by atoms with Gasteiger partial charge >= 0.3 is 0 Å². The Morgan fingerprint density at radius 2 is 0.438 bits per heavy atom. The van der Waals surface area contributed by atoms with Crippen molar-refractivity contribution in [3.05, 3.63) is 0 Å². The first-order valence-electron chi connectivity index (χ1n) is 13.0. The summed E-state index contributed by atoms with van der Waals surface area (Å²) in [6.07, 6.45) is 17.5. The van der Waals surface area contributed by atoms with E-state index in [-0.39, 0.29) is 0 Å². The molecule has 0 bridgehead atoms. The van der Waals surface area contributed by atoms with Crippen LogP contribution in [0.15, 0.2) is 0 Å². The summed E-state index contributed by atoms with van der Waals surface area (Å²) < 4.78 is 8.55. The lowest BCUT2D eigenvalue weighted by Crippen LogP contribution is -2.24. The first-order chi connectivity index (χ1) is 14.7. The zero-order chi connectivity index (χ0) is 26.5. The maximum atomic E-state index is 8.55. The average molecular weight is 537 g/mol. The van der Waals surface area contributed by atoms with E-state index in [4.69, 9.17) is 19.2 Å². The van der Waals surface area contributed by atoms with Gasteiger partial charge in [0.25, 0.3) is 0 Å². The molecule has 0 aromatic heterocycles. The van der Waals surface area contributed by atoms with E-state index >= 15 is 0 Å². The highest BCUT2D eigenvalue weighted by atomic mass is 31.2. The fourth-order valence-corrected chi connectivity index (χ4v) is 12.1. The molecule has 0 rings (SSSR count). The molecule has 0 amide bonds. The minimum Gasteiger partial charge on any atom is -0.822 e. The van der Waals surface area contributed by atoms with Gasteiger partial charge in [0.1, 0.15) is 0 Å². The first kappa shape index (κ1) is 40.6. The third kappa shape index (κ3) is 20.7. The Balaban J connectivity index is -0.000000167. The Kier molecular flexibility index (Phi) is 29.0. The lowest BCUT2D eigenvalue weighted by atomic mass is 10.9. The molecule has 0 aromatic rings. The van der Waals surface area contributed by atoms with Gasteiger partial charge in [-0.15, -0.1) is 0 Å². The number of hydrogen-bond acceptors (Lipinski definition) is 4. The fraction of sp³-hybridized carbons (Fsp3) is 1.00. The summed E-state index contributed by atoms with van der Waals surface area (Å²) in [6, 6.07) is 0. The van der Waals surface area contributed by atoms with Crippen molar-refractivity contribution in [1.82, 2.24) is 0 Å². The second kappa shape index (κ2) is 22.8. The van der Waals surface area contributed by atoms with Crippen molar-refractivity contribution < 1.29 is 19.2 Å². The summed E-state index contributed by atoms with van der Waals surface area (Å²) in [5.41, 5.74) is 0.